The van der Waals surface area contributed by atoms with Crippen molar-refractivity contribution in [3.63, 3.8) is 0 Å². The van der Waals surface area contributed by atoms with Gasteiger partial charge in [-0.25, -0.2) is 0 Å². The van der Waals surface area contributed by atoms with Crippen molar-refractivity contribution in [3.8, 4) is 0 Å². The zero-order chi connectivity index (χ0) is 8.81. The molecule has 0 heterocycles. The highest BCUT2D eigenvalue weighted by Crippen LogP contribution is 1.96. The molecule has 0 unspecified atom stereocenters. The van der Waals surface area contributed by atoms with Gasteiger partial charge in [0.05, 0.1) is 0 Å². The minimum Gasteiger partial charge on any atom is -0.382 e. The van der Waals surface area contributed by atoms with Crippen LogP contribution >= 0.6 is 24.0 Å². The van der Waals surface area contributed by atoms with E-state index in [0.717, 1.165) is 12.1 Å². The molecule has 0 aliphatic heterocycles. The first-order valence-corrected chi connectivity index (χ1v) is 3.96. The first-order chi connectivity index (χ1) is 5.84. The Morgan fingerprint density at radius 2 is 2.00 bits per heavy atom. The predicted molar refractivity (Wildman–Crippen MR) is 66.3 cm³/mol. The average Bonchev–Trinajstić information content (AvgIpc) is 2.15. The SMILES string of the molecule is CCN/N=C(\N)c1ccccc1.I. The van der Waals surface area contributed by atoms with E-state index in [0.29, 0.717) is 5.84 Å². The van der Waals surface area contributed by atoms with Crippen LogP contribution in [-0.2, 0) is 0 Å². The van der Waals surface area contributed by atoms with Gasteiger partial charge in [-0.1, -0.05) is 30.3 Å². The number of hydrazone groups is 1. The molecule has 1 aromatic rings. The predicted octanol–water partition coefficient (Wildman–Crippen LogP) is 1.53. The van der Waals surface area contributed by atoms with Crippen LogP contribution in [0.4, 0.5) is 0 Å². The van der Waals surface area contributed by atoms with Gasteiger partial charge >= 0.3 is 0 Å². The van der Waals surface area contributed by atoms with Gasteiger partial charge in [0.15, 0.2) is 5.84 Å². The molecule has 0 saturated heterocycles. The third kappa shape index (κ3) is 4.12. The van der Waals surface area contributed by atoms with Crippen LogP contribution < -0.4 is 11.2 Å². The Kier molecular flexibility index (Phi) is 6.30. The van der Waals surface area contributed by atoms with E-state index in [9.17, 15) is 0 Å². The maximum atomic E-state index is 5.67. The minimum absolute atomic E-state index is 0. The monoisotopic (exact) mass is 291 g/mol. The number of hydrogen-bond donors (Lipinski definition) is 2. The van der Waals surface area contributed by atoms with Crippen LogP contribution in [-0.4, -0.2) is 12.4 Å². The molecule has 0 aliphatic rings. The number of nitrogens with two attached hydrogens (primary N) is 1. The van der Waals surface area contributed by atoms with Crippen molar-refractivity contribution in [2.24, 2.45) is 10.8 Å². The molecule has 0 aromatic heterocycles. The number of hydrogen-bond acceptors (Lipinski definition) is 2. The van der Waals surface area contributed by atoms with Gasteiger partial charge in [-0.2, -0.15) is 5.10 Å². The maximum absolute atomic E-state index is 5.67. The zero-order valence-electron chi connectivity index (χ0n) is 7.53. The van der Waals surface area contributed by atoms with Crippen LogP contribution in [0.3, 0.4) is 0 Å². The molecule has 1 rings (SSSR count). The standard InChI is InChI=1S/C9H13N3.HI/c1-2-11-12-9(10)8-6-4-3-5-7-8;/h3-7,11H,2H2,1H3,(H2,10,12);1H. The van der Waals surface area contributed by atoms with E-state index < -0.39 is 0 Å². The first-order valence-electron chi connectivity index (χ1n) is 3.96. The summed E-state index contributed by atoms with van der Waals surface area (Å²) in [5.41, 5.74) is 9.42. The quantitative estimate of drug-likeness (QED) is 0.384. The van der Waals surface area contributed by atoms with Gasteiger partial charge in [-0.3, -0.25) is 0 Å². The fourth-order valence-corrected chi connectivity index (χ4v) is 0.838. The van der Waals surface area contributed by atoms with E-state index in [2.05, 4.69) is 10.5 Å². The third-order valence-electron chi connectivity index (χ3n) is 1.43. The molecule has 0 bridgehead atoms. The van der Waals surface area contributed by atoms with E-state index >= 15 is 0 Å². The number of nitrogens with zero attached hydrogens (tertiary/aromatic N) is 1. The minimum atomic E-state index is 0. The summed E-state index contributed by atoms with van der Waals surface area (Å²) in [6.07, 6.45) is 0. The lowest BCUT2D eigenvalue weighted by atomic mass is 10.2. The summed E-state index contributed by atoms with van der Waals surface area (Å²) in [7, 11) is 0. The van der Waals surface area contributed by atoms with E-state index in [1.165, 1.54) is 0 Å². The molecule has 13 heavy (non-hydrogen) atoms. The molecule has 0 fully saturated rings. The molecule has 0 atom stereocenters. The molecule has 3 nitrogen and oxygen atoms in total. The van der Waals surface area contributed by atoms with E-state index in [-0.39, 0.29) is 24.0 Å². The van der Waals surface area contributed by atoms with Crippen LogP contribution in [0.25, 0.3) is 0 Å². The molecule has 0 aliphatic carbocycles. The summed E-state index contributed by atoms with van der Waals surface area (Å²) in [5, 5.41) is 3.96. The fraction of sp³-hybridized carbons (Fsp3) is 0.222. The highest BCUT2D eigenvalue weighted by atomic mass is 127. The number of benzene rings is 1. The summed E-state index contributed by atoms with van der Waals surface area (Å²) < 4.78 is 0. The molecule has 0 saturated carbocycles. The molecule has 0 radical (unpaired) electrons. The first kappa shape index (κ1) is 12.2. The summed E-state index contributed by atoms with van der Waals surface area (Å²) in [6, 6.07) is 9.67. The summed E-state index contributed by atoms with van der Waals surface area (Å²) in [6.45, 7) is 2.76. The largest absolute Gasteiger partial charge is 0.382 e. The van der Waals surface area contributed by atoms with Crippen molar-refractivity contribution in [2.75, 3.05) is 6.54 Å². The van der Waals surface area contributed by atoms with Crippen LogP contribution in [0.2, 0.25) is 0 Å². The average molecular weight is 291 g/mol. The Morgan fingerprint density at radius 1 is 1.38 bits per heavy atom. The van der Waals surface area contributed by atoms with Gasteiger partial charge in [0.1, 0.15) is 0 Å². The molecule has 72 valence electrons. The van der Waals surface area contributed by atoms with Crippen molar-refractivity contribution in [3.05, 3.63) is 35.9 Å². The second kappa shape index (κ2) is 6.71. The van der Waals surface area contributed by atoms with Gasteiger partial charge in [0.2, 0.25) is 0 Å². The van der Waals surface area contributed by atoms with Crippen LogP contribution in [0.5, 0.6) is 0 Å². The van der Waals surface area contributed by atoms with Gasteiger partial charge in [0.25, 0.3) is 0 Å². The smallest absolute Gasteiger partial charge is 0.150 e. The molecule has 1 aromatic carbocycles. The molecular weight excluding hydrogens is 277 g/mol. The number of amidine groups is 1. The highest BCUT2D eigenvalue weighted by Gasteiger charge is 1.93. The second-order valence-corrected chi connectivity index (χ2v) is 2.37. The number of nitrogens with one attached hydrogen (secondary N) is 1. The number of halogens is 1. The lowest BCUT2D eigenvalue weighted by molar-refractivity contribution is 0.782. The lowest BCUT2D eigenvalue weighted by Gasteiger charge is -1.99. The highest BCUT2D eigenvalue weighted by molar-refractivity contribution is 14.0. The molecule has 3 N–H and O–H groups in total. The van der Waals surface area contributed by atoms with Gasteiger partial charge in [0, 0.05) is 12.1 Å². The Labute approximate surface area is 95.4 Å². The van der Waals surface area contributed by atoms with Crippen LogP contribution in [0, 0.1) is 0 Å². The Bertz CT molecular complexity index is 259. The zero-order valence-corrected chi connectivity index (χ0v) is 9.86. The molecule has 4 heteroatoms. The summed E-state index contributed by atoms with van der Waals surface area (Å²) >= 11 is 0. The van der Waals surface area contributed by atoms with Gasteiger partial charge in [-0.05, 0) is 6.92 Å². The van der Waals surface area contributed by atoms with Gasteiger partial charge in [-0.15, -0.1) is 24.0 Å². The van der Waals surface area contributed by atoms with Crippen LogP contribution in [0.1, 0.15) is 12.5 Å². The lowest BCUT2D eigenvalue weighted by Crippen LogP contribution is -2.18. The Morgan fingerprint density at radius 3 is 2.54 bits per heavy atom. The summed E-state index contributed by atoms with van der Waals surface area (Å²) in [4.78, 5) is 0. The van der Waals surface area contributed by atoms with Crippen LogP contribution in [0.15, 0.2) is 35.4 Å². The Hall–Kier alpha value is -0.780. The van der Waals surface area contributed by atoms with E-state index in [1.807, 2.05) is 37.3 Å². The summed E-state index contributed by atoms with van der Waals surface area (Å²) in [5.74, 6) is 0.525. The van der Waals surface area contributed by atoms with E-state index in [1.54, 1.807) is 0 Å². The number of rotatable bonds is 3. The maximum Gasteiger partial charge on any atom is 0.150 e. The molecular formula is C9H14IN3. The van der Waals surface area contributed by atoms with E-state index in [4.69, 9.17) is 5.73 Å². The molecule has 0 spiro atoms. The van der Waals surface area contributed by atoms with Crippen molar-refractivity contribution >= 4 is 29.8 Å². The van der Waals surface area contributed by atoms with Crippen molar-refractivity contribution in [1.82, 2.24) is 5.43 Å². The Balaban J connectivity index is 0.00000144. The molecule has 0 amide bonds. The normalized spacial score (nSPS) is 10.4. The van der Waals surface area contributed by atoms with Crippen molar-refractivity contribution < 1.29 is 0 Å². The van der Waals surface area contributed by atoms with Crippen molar-refractivity contribution in [2.45, 2.75) is 6.92 Å². The topological polar surface area (TPSA) is 50.4 Å². The van der Waals surface area contributed by atoms with Crippen molar-refractivity contribution in [1.29, 1.82) is 0 Å². The second-order valence-electron chi connectivity index (χ2n) is 2.37. The third-order valence-corrected chi connectivity index (χ3v) is 1.43. The van der Waals surface area contributed by atoms with Gasteiger partial charge < -0.3 is 11.2 Å². The fourth-order valence-electron chi connectivity index (χ4n) is 0.838.